The molecule has 0 unspecified atom stereocenters. The first-order valence-corrected chi connectivity index (χ1v) is 8.34. The number of carbonyl (C=O) groups excluding carboxylic acids is 4. The lowest BCUT2D eigenvalue weighted by Gasteiger charge is -2.06. The lowest BCUT2D eigenvalue weighted by molar-refractivity contribution is -0.160. The van der Waals surface area contributed by atoms with Crippen LogP contribution >= 0.6 is 0 Å². The van der Waals surface area contributed by atoms with E-state index in [-0.39, 0.29) is 36.8 Å². The fourth-order valence-corrected chi connectivity index (χ4v) is 1.89. The van der Waals surface area contributed by atoms with Crippen molar-refractivity contribution in [3.8, 4) is 0 Å². The summed E-state index contributed by atoms with van der Waals surface area (Å²) in [6.45, 7) is 2.87. The Labute approximate surface area is 160 Å². The number of carbonyl (C=O) groups is 6. The van der Waals surface area contributed by atoms with Crippen molar-refractivity contribution in [2.45, 2.75) is 52.4 Å². The number of rotatable bonds is 11. The van der Waals surface area contributed by atoms with E-state index in [1.807, 2.05) is 0 Å². The average Bonchev–Trinajstić information content (AvgIpc) is 2.60. The lowest BCUT2D eigenvalue weighted by atomic mass is 10.1. The molecular formula is C18H22O10. The van der Waals surface area contributed by atoms with Gasteiger partial charge in [0, 0.05) is 24.0 Å². The summed E-state index contributed by atoms with van der Waals surface area (Å²) in [6, 6.07) is 0. The van der Waals surface area contributed by atoms with Crippen LogP contribution in [0.4, 0.5) is 0 Å². The van der Waals surface area contributed by atoms with E-state index in [0.29, 0.717) is 0 Å². The second kappa shape index (κ2) is 13.0. The molecule has 0 spiro atoms. The molecule has 0 bridgehead atoms. The quantitative estimate of drug-likeness (QED) is 0.226. The van der Waals surface area contributed by atoms with Gasteiger partial charge in [-0.2, -0.15) is 0 Å². The molecule has 0 saturated heterocycles. The molecule has 0 amide bonds. The summed E-state index contributed by atoms with van der Waals surface area (Å²) in [5.41, 5.74) is -0.326. The third-order valence-electron chi connectivity index (χ3n) is 3.33. The van der Waals surface area contributed by atoms with Crippen LogP contribution in [0.2, 0.25) is 0 Å². The normalized spacial score (nSPS) is 11.5. The van der Waals surface area contributed by atoms with Gasteiger partial charge >= 0.3 is 35.8 Å². The summed E-state index contributed by atoms with van der Waals surface area (Å²) in [7, 11) is 0. The highest BCUT2D eigenvalue weighted by Crippen LogP contribution is 2.09. The minimum atomic E-state index is -1.24. The Kier molecular flexibility index (Phi) is 11.4. The molecule has 0 atom stereocenters. The van der Waals surface area contributed by atoms with Gasteiger partial charge in [0.25, 0.3) is 0 Å². The van der Waals surface area contributed by atoms with E-state index in [1.54, 1.807) is 0 Å². The molecule has 0 aliphatic carbocycles. The molecule has 0 fully saturated rings. The molecule has 0 aliphatic heterocycles. The summed E-state index contributed by atoms with van der Waals surface area (Å²) in [5, 5.41) is 17.3. The smallest absolute Gasteiger partial charge is 0.341 e. The molecule has 0 aromatic rings. The Balaban J connectivity index is 4.24. The maximum Gasteiger partial charge on any atom is 0.341 e. The van der Waals surface area contributed by atoms with Crippen molar-refractivity contribution in [1.29, 1.82) is 0 Å². The topological polar surface area (TPSA) is 161 Å². The van der Waals surface area contributed by atoms with Gasteiger partial charge in [-0.1, -0.05) is 12.2 Å². The minimum Gasteiger partial charge on any atom is -0.481 e. The van der Waals surface area contributed by atoms with Gasteiger partial charge in [-0.25, -0.2) is 9.59 Å². The first kappa shape index (κ1) is 24.7. The Morgan fingerprint density at radius 2 is 1.00 bits per heavy atom. The minimum absolute atomic E-state index is 0.158. The number of carboxylic acid groups (broad SMARTS) is 2. The summed E-state index contributed by atoms with van der Waals surface area (Å²) in [5.74, 6) is -6.33. The zero-order valence-electron chi connectivity index (χ0n) is 15.6. The Bertz CT molecular complexity index is 639. The molecule has 10 nitrogen and oxygen atoms in total. The highest BCUT2D eigenvalue weighted by atomic mass is 16.6. The molecule has 154 valence electrons. The molecule has 0 heterocycles. The van der Waals surface area contributed by atoms with Crippen LogP contribution in [-0.2, 0) is 38.2 Å². The second-order valence-corrected chi connectivity index (χ2v) is 5.50. The van der Waals surface area contributed by atoms with Crippen molar-refractivity contribution in [1.82, 2.24) is 0 Å². The van der Waals surface area contributed by atoms with Crippen molar-refractivity contribution >= 4 is 35.8 Å². The van der Waals surface area contributed by atoms with Crippen LogP contribution in [0.5, 0.6) is 0 Å². The lowest BCUT2D eigenvalue weighted by Crippen LogP contribution is -2.17. The Morgan fingerprint density at radius 3 is 1.25 bits per heavy atom. The van der Waals surface area contributed by atoms with Crippen molar-refractivity contribution in [2.75, 3.05) is 0 Å². The monoisotopic (exact) mass is 398 g/mol. The van der Waals surface area contributed by atoms with E-state index in [0.717, 1.165) is 0 Å². The van der Waals surface area contributed by atoms with Gasteiger partial charge in [-0.05, 0) is 26.7 Å². The number of unbranched alkanes of at least 4 members (excludes halogenated alkanes) is 1. The number of allylic oxidation sites excluding steroid dienone is 2. The number of aliphatic carboxylic acids is 2. The van der Waals surface area contributed by atoms with E-state index in [2.05, 4.69) is 9.47 Å². The van der Waals surface area contributed by atoms with Crippen molar-refractivity contribution in [3.05, 3.63) is 23.3 Å². The Morgan fingerprint density at radius 1 is 0.679 bits per heavy atom. The highest BCUT2D eigenvalue weighted by Gasteiger charge is 2.19. The van der Waals surface area contributed by atoms with Gasteiger partial charge < -0.3 is 19.7 Å². The molecule has 0 saturated carbocycles. The number of esters is 4. The van der Waals surface area contributed by atoms with Crippen molar-refractivity contribution < 1.29 is 48.5 Å². The second-order valence-electron chi connectivity index (χ2n) is 5.50. The number of hydrogen-bond donors (Lipinski definition) is 2. The predicted molar refractivity (Wildman–Crippen MR) is 92.7 cm³/mol. The van der Waals surface area contributed by atoms with E-state index in [1.165, 1.54) is 26.0 Å². The third-order valence-corrected chi connectivity index (χ3v) is 3.33. The van der Waals surface area contributed by atoms with Crippen LogP contribution in [0.15, 0.2) is 23.3 Å². The third kappa shape index (κ3) is 10.6. The van der Waals surface area contributed by atoms with Crippen LogP contribution in [0.25, 0.3) is 0 Å². The first-order chi connectivity index (χ1) is 13.1. The molecule has 0 aromatic heterocycles. The van der Waals surface area contributed by atoms with Gasteiger partial charge in [0.15, 0.2) is 0 Å². The molecule has 28 heavy (non-hydrogen) atoms. The van der Waals surface area contributed by atoms with Crippen LogP contribution in [0.1, 0.15) is 52.4 Å². The maximum absolute atomic E-state index is 11.6. The summed E-state index contributed by atoms with van der Waals surface area (Å²) < 4.78 is 9.03. The fraction of sp³-hybridized carbons (Fsp3) is 0.444. The van der Waals surface area contributed by atoms with Gasteiger partial charge in [0.1, 0.15) is 0 Å². The Hall–Kier alpha value is -3.30. The molecule has 0 aliphatic rings. The highest BCUT2D eigenvalue weighted by molar-refractivity contribution is 5.99. The van der Waals surface area contributed by atoms with E-state index in [4.69, 9.17) is 10.2 Å². The van der Waals surface area contributed by atoms with Crippen LogP contribution < -0.4 is 0 Å². The summed E-state index contributed by atoms with van der Waals surface area (Å²) in [6.07, 6.45) is 1.25. The standard InChI is InChI=1S/C18H22O10/c1-3-11(9-13(19)20)17(25)27-15(23)7-5-6-8-16(24)28-18(26)12(4-2)10-14(21)22/h3-4H,5-10H2,1-2H3,(H,19,20)(H,21,22). The largest absolute Gasteiger partial charge is 0.481 e. The predicted octanol–water partition coefficient (Wildman–Crippen LogP) is 1.53. The van der Waals surface area contributed by atoms with Crippen LogP contribution in [-0.4, -0.2) is 46.0 Å². The van der Waals surface area contributed by atoms with Gasteiger partial charge in [-0.3, -0.25) is 19.2 Å². The first-order valence-electron chi connectivity index (χ1n) is 8.34. The number of carboxylic acids is 2. The zero-order chi connectivity index (χ0) is 21.7. The number of hydrogen-bond acceptors (Lipinski definition) is 8. The molecule has 0 aromatic carbocycles. The summed E-state index contributed by atoms with van der Waals surface area (Å²) >= 11 is 0. The van der Waals surface area contributed by atoms with Gasteiger partial charge in [0.05, 0.1) is 12.8 Å². The van der Waals surface area contributed by atoms with Crippen LogP contribution in [0.3, 0.4) is 0 Å². The molecular weight excluding hydrogens is 376 g/mol. The van der Waals surface area contributed by atoms with Gasteiger partial charge in [-0.15, -0.1) is 0 Å². The van der Waals surface area contributed by atoms with Crippen molar-refractivity contribution in [3.63, 3.8) is 0 Å². The number of ether oxygens (including phenoxy) is 2. The zero-order valence-corrected chi connectivity index (χ0v) is 15.6. The van der Waals surface area contributed by atoms with E-state index < -0.39 is 48.7 Å². The summed E-state index contributed by atoms with van der Waals surface area (Å²) in [4.78, 5) is 67.5. The molecule has 0 rings (SSSR count). The van der Waals surface area contributed by atoms with Crippen LogP contribution in [0, 0.1) is 0 Å². The SMILES string of the molecule is CC=C(CC(=O)O)C(=O)OC(=O)CCCCC(=O)OC(=O)C(=CC)CC(=O)O. The fourth-order valence-electron chi connectivity index (χ4n) is 1.89. The molecule has 2 N–H and O–H groups in total. The maximum atomic E-state index is 11.6. The molecule has 0 radical (unpaired) electrons. The van der Waals surface area contributed by atoms with Crippen molar-refractivity contribution in [2.24, 2.45) is 0 Å². The van der Waals surface area contributed by atoms with E-state index in [9.17, 15) is 28.8 Å². The van der Waals surface area contributed by atoms with E-state index >= 15 is 0 Å². The molecule has 10 heteroatoms. The average molecular weight is 398 g/mol. The van der Waals surface area contributed by atoms with Gasteiger partial charge in [0.2, 0.25) is 0 Å².